The van der Waals surface area contributed by atoms with Crippen LogP contribution in [0.3, 0.4) is 0 Å². The molecule has 140 valence electrons. The summed E-state index contributed by atoms with van der Waals surface area (Å²) in [6.07, 6.45) is 4.08. The van der Waals surface area contributed by atoms with Gasteiger partial charge in [-0.15, -0.1) is 0 Å². The van der Waals surface area contributed by atoms with E-state index in [4.69, 9.17) is 16.3 Å². The van der Waals surface area contributed by atoms with Crippen molar-refractivity contribution in [3.63, 3.8) is 0 Å². The molecule has 0 saturated carbocycles. The molecule has 2 aromatic heterocycles. The van der Waals surface area contributed by atoms with E-state index in [1.54, 1.807) is 18.0 Å². The minimum absolute atomic E-state index is 0.430. The average molecular weight is 386 g/mol. The van der Waals surface area contributed by atoms with E-state index in [1.807, 2.05) is 36.5 Å². The maximum absolute atomic E-state index is 11.8. The molecule has 1 fully saturated rings. The highest BCUT2D eigenvalue weighted by atomic mass is 35.5. The highest BCUT2D eigenvalue weighted by Gasteiger charge is 2.26. The lowest BCUT2D eigenvalue weighted by molar-refractivity contribution is -0.115. The standard InChI is InChI=1S/C19H20ClN5O2/c1-27-17-11-15(4-5-16(17)20)23-7-9-24(10-8-23)18(13-26)25-12-14-3-2-6-21-19(14)22-25/h2-6,11-13,18H,7-10H2,1H3. The summed E-state index contributed by atoms with van der Waals surface area (Å²) in [5.74, 6) is 0.665. The minimum Gasteiger partial charge on any atom is -0.495 e. The predicted octanol–water partition coefficient (Wildman–Crippen LogP) is 2.61. The number of ether oxygens (including phenoxy) is 1. The Hall–Kier alpha value is -2.64. The Morgan fingerprint density at radius 1 is 1.22 bits per heavy atom. The Morgan fingerprint density at radius 2 is 2.04 bits per heavy atom. The number of rotatable bonds is 5. The zero-order valence-electron chi connectivity index (χ0n) is 15.0. The van der Waals surface area contributed by atoms with Gasteiger partial charge >= 0.3 is 0 Å². The highest BCUT2D eigenvalue weighted by molar-refractivity contribution is 6.32. The van der Waals surface area contributed by atoms with E-state index in [0.717, 1.165) is 43.5 Å². The van der Waals surface area contributed by atoms with Gasteiger partial charge in [-0.1, -0.05) is 11.6 Å². The van der Waals surface area contributed by atoms with Gasteiger partial charge in [-0.25, -0.2) is 9.67 Å². The SMILES string of the molecule is COc1cc(N2CCN(C(C=O)n3cc4cccnc4n3)CC2)ccc1Cl. The van der Waals surface area contributed by atoms with Crippen molar-refractivity contribution in [2.45, 2.75) is 6.17 Å². The molecule has 0 radical (unpaired) electrons. The second-order valence-corrected chi connectivity index (χ2v) is 6.82. The number of benzene rings is 1. The summed E-state index contributed by atoms with van der Waals surface area (Å²) in [5.41, 5.74) is 1.71. The molecule has 8 heteroatoms. The largest absolute Gasteiger partial charge is 0.495 e. The van der Waals surface area contributed by atoms with Gasteiger partial charge in [0.2, 0.25) is 0 Å². The van der Waals surface area contributed by atoms with Crippen LogP contribution in [-0.4, -0.2) is 59.2 Å². The van der Waals surface area contributed by atoms with E-state index in [1.165, 1.54) is 0 Å². The fourth-order valence-corrected chi connectivity index (χ4v) is 3.61. The van der Waals surface area contributed by atoms with Crippen molar-refractivity contribution in [3.05, 3.63) is 47.7 Å². The van der Waals surface area contributed by atoms with Gasteiger partial charge in [-0.3, -0.25) is 9.69 Å². The van der Waals surface area contributed by atoms with Gasteiger partial charge in [0.05, 0.1) is 12.1 Å². The van der Waals surface area contributed by atoms with Gasteiger partial charge < -0.3 is 9.64 Å². The topological polar surface area (TPSA) is 63.5 Å². The number of carbonyl (C=O) groups is 1. The summed E-state index contributed by atoms with van der Waals surface area (Å²) in [6.45, 7) is 3.10. The first-order chi connectivity index (χ1) is 13.2. The van der Waals surface area contributed by atoms with Crippen molar-refractivity contribution >= 4 is 34.6 Å². The maximum Gasteiger partial charge on any atom is 0.181 e. The Morgan fingerprint density at radius 3 is 2.74 bits per heavy atom. The van der Waals surface area contributed by atoms with Crippen LogP contribution in [0.5, 0.6) is 5.75 Å². The molecule has 4 rings (SSSR count). The number of aldehydes is 1. The van der Waals surface area contributed by atoms with E-state index >= 15 is 0 Å². The fraction of sp³-hybridized carbons (Fsp3) is 0.316. The molecule has 1 atom stereocenters. The summed E-state index contributed by atoms with van der Waals surface area (Å²) < 4.78 is 7.01. The first kappa shape index (κ1) is 17.8. The molecule has 1 aliphatic rings. The first-order valence-corrected chi connectivity index (χ1v) is 9.15. The van der Waals surface area contributed by atoms with Gasteiger partial charge in [0, 0.05) is 55.7 Å². The average Bonchev–Trinajstić information content (AvgIpc) is 3.13. The monoisotopic (exact) mass is 385 g/mol. The van der Waals surface area contributed by atoms with Gasteiger partial charge in [-0.05, 0) is 24.3 Å². The lowest BCUT2D eigenvalue weighted by Crippen LogP contribution is -2.49. The second kappa shape index (κ2) is 7.54. The van der Waals surface area contributed by atoms with Crippen LogP contribution in [-0.2, 0) is 4.79 Å². The molecule has 1 saturated heterocycles. The first-order valence-electron chi connectivity index (χ1n) is 8.77. The number of methoxy groups -OCH3 is 1. The van der Waals surface area contributed by atoms with E-state index in [2.05, 4.69) is 19.9 Å². The summed E-state index contributed by atoms with van der Waals surface area (Å²) in [6, 6.07) is 9.59. The molecule has 1 aliphatic heterocycles. The number of pyridine rings is 1. The number of fused-ring (bicyclic) bond motifs is 1. The molecule has 3 aromatic rings. The Kier molecular flexibility index (Phi) is 4.96. The number of hydrogen-bond acceptors (Lipinski definition) is 6. The summed E-state index contributed by atoms with van der Waals surface area (Å²) >= 11 is 6.11. The van der Waals surface area contributed by atoms with Crippen molar-refractivity contribution in [2.75, 3.05) is 38.2 Å². The number of hydrogen-bond donors (Lipinski definition) is 0. The minimum atomic E-state index is -0.430. The number of nitrogens with zero attached hydrogens (tertiary/aromatic N) is 5. The number of aromatic nitrogens is 3. The van der Waals surface area contributed by atoms with Crippen molar-refractivity contribution in [1.29, 1.82) is 0 Å². The third kappa shape index (κ3) is 3.48. The van der Waals surface area contributed by atoms with Crippen molar-refractivity contribution in [2.24, 2.45) is 0 Å². The van der Waals surface area contributed by atoms with E-state index in [9.17, 15) is 4.79 Å². The third-order valence-electron chi connectivity index (χ3n) is 4.88. The number of carbonyl (C=O) groups excluding carboxylic acids is 1. The molecule has 0 aliphatic carbocycles. The van der Waals surface area contributed by atoms with Crippen LogP contribution >= 0.6 is 11.6 Å². The summed E-state index contributed by atoms with van der Waals surface area (Å²) in [5, 5.41) is 5.98. The molecule has 0 amide bonds. The zero-order chi connectivity index (χ0) is 18.8. The van der Waals surface area contributed by atoms with Crippen LogP contribution in [0.2, 0.25) is 5.02 Å². The lowest BCUT2D eigenvalue weighted by Gasteiger charge is -2.38. The van der Waals surface area contributed by atoms with E-state index < -0.39 is 6.17 Å². The molecular weight excluding hydrogens is 366 g/mol. The fourth-order valence-electron chi connectivity index (χ4n) is 3.42. The Bertz CT molecular complexity index is 919. The molecular formula is C19H20ClN5O2. The van der Waals surface area contributed by atoms with Crippen molar-refractivity contribution in [3.8, 4) is 5.75 Å². The molecule has 3 heterocycles. The second-order valence-electron chi connectivity index (χ2n) is 6.42. The smallest absolute Gasteiger partial charge is 0.181 e. The van der Waals surface area contributed by atoms with Crippen LogP contribution < -0.4 is 9.64 Å². The highest BCUT2D eigenvalue weighted by Crippen LogP contribution is 2.30. The number of halogens is 1. The van der Waals surface area contributed by atoms with Crippen LogP contribution in [0.1, 0.15) is 6.17 Å². The summed E-state index contributed by atoms with van der Waals surface area (Å²) in [4.78, 5) is 20.4. The zero-order valence-corrected chi connectivity index (χ0v) is 15.7. The van der Waals surface area contributed by atoms with E-state index in [0.29, 0.717) is 16.4 Å². The van der Waals surface area contributed by atoms with Crippen LogP contribution in [0.15, 0.2) is 42.7 Å². The molecule has 0 N–H and O–H groups in total. The number of anilines is 1. The van der Waals surface area contributed by atoms with Crippen molar-refractivity contribution in [1.82, 2.24) is 19.7 Å². The van der Waals surface area contributed by atoms with Gasteiger partial charge in [0.25, 0.3) is 0 Å². The quantitative estimate of drug-likeness (QED) is 0.629. The molecule has 27 heavy (non-hydrogen) atoms. The van der Waals surface area contributed by atoms with Crippen LogP contribution in [0.25, 0.3) is 11.0 Å². The molecule has 0 spiro atoms. The number of piperazine rings is 1. The molecule has 7 nitrogen and oxygen atoms in total. The van der Waals surface area contributed by atoms with Crippen LogP contribution in [0.4, 0.5) is 5.69 Å². The van der Waals surface area contributed by atoms with Crippen molar-refractivity contribution < 1.29 is 9.53 Å². The Labute approximate surface area is 162 Å². The van der Waals surface area contributed by atoms with Gasteiger partial charge in [-0.2, -0.15) is 5.10 Å². The lowest BCUT2D eigenvalue weighted by atomic mass is 10.2. The van der Waals surface area contributed by atoms with Crippen LogP contribution in [0, 0.1) is 0 Å². The predicted molar refractivity (Wildman–Crippen MR) is 104 cm³/mol. The summed E-state index contributed by atoms with van der Waals surface area (Å²) in [7, 11) is 1.61. The van der Waals surface area contributed by atoms with Gasteiger partial charge in [0.1, 0.15) is 5.75 Å². The third-order valence-corrected chi connectivity index (χ3v) is 5.19. The normalized spacial score (nSPS) is 16.4. The van der Waals surface area contributed by atoms with E-state index in [-0.39, 0.29) is 0 Å². The van der Waals surface area contributed by atoms with Gasteiger partial charge in [0.15, 0.2) is 18.1 Å². The Balaban J connectivity index is 1.48. The maximum atomic E-state index is 11.8. The molecule has 0 bridgehead atoms. The molecule has 1 unspecified atom stereocenters. The molecule has 1 aromatic carbocycles.